The molecule has 0 heterocycles. The van der Waals surface area contributed by atoms with Crippen molar-refractivity contribution in [2.24, 2.45) is 5.41 Å². The molecule has 1 saturated carbocycles. The number of aliphatic hydroxyl groups excluding tert-OH is 1. The molecule has 2 atom stereocenters. The van der Waals surface area contributed by atoms with E-state index in [0.29, 0.717) is 12.1 Å². The first-order valence-corrected chi connectivity index (χ1v) is 5.84. The largest absolute Gasteiger partial charge is 0.504 e. The van der Waals surface area contributed by atoms with Crippen LogP contribution < -0.4 is 5.32 Å². The molecule has 1 aliphatic carbocycles. The summed E-state index contributed by atoms with van der Waals surface area (Å²) in [5.41, 5.74) is 0.536. The summed E-state index contributed by atoms with van der Waals surface area (Å²) in [5, 5.41) is 31.9. The number of para-hydroxylation sites is 1. The van der Waals surface area contributed by atoms with Crippen molar-refractivity contribution in [3.63, 3.8) is 0 Å². The molecule has 17 heavy (non-hydrogen) atoms. The summed E-state index contributed by atoms with van der Waals surface area (Å²) in [4.78, 5) is 0. The van der Waals surface area contributed by atoms with Gasteiger partial charge in [0.15, 0.2) is 11.5 Å². The maximum Gasteiger partial charge on any atom is 0.161 e. The minimum absolute atomic E-state index is 0.0716. The molecule has 1 aromatic carbocycles. The highest BCUT2D eigenvalue weighted by Gasteiger charge is 2.46. The van der Waals surface area contributed by atoms with Crippen LogP contribution in [-0.2, 0) is 6.54 Å². The number of hydrogen-bond donors (Lipinski definition) is 4. The minimum Gasteiger partial charge on any atom is -0.504 e. The summed E-state index contributed by atoms with van der Waals surface area (Å²) < 4.78 is 0. The summed E-state index contributed by atoms with van der Waals surface area (Å²) in [7, 11) is 0. The molecule has 0 spiro atoms. The molecule has 4 heteroatoms. The van der Waals surface area contributed by atoms with Gasteiger partial charge in [-0.15, -0.1) is 0 Å². The Kier molecular flexibility index (Phi) is 3.02. The van der Waals surface area contributed by atoms with Crippen molar-refractivity contribution in [1.29, 1.82) is 0 Å². The first-order valence-electron chi connectivity index (χ1n) is 5.84. The van der Waals surface area contributed by atoms with Gasteiger partial charge in [0.25, 0.3) is 0 Å². The van der Waals surface area contributed by atoms with Crippen LogP contribution in [0.15, 0.2) is 18.2 Å². The van der Waals surface area contributed by atoms with E-state index in [1.54, 1.807) is 12.1 Å². The molecule has 1 fully saturated rings. The van der Waals surface area contributed by atoms with Crippen molar-refractivity contribution in [3.8, 4) is 11.5 Å². The van der Waals surface area contributed by atoms with Crippen molar-refractivity contribution in [1.82, 2.24) is 5.32 Å². The Hall–Kier alpha value is -1.26. The number of aromatic hydroxyl groups is 2. The van der Waals surface area contributed by atoms with E-state index < -0.39 is 0 Å². The Labute approximate surface area is 101 Å². The molecule has 1 aliphatic rings. The van der Waals surface area contributed by atoms with Gasteiger partial charge >= 0.3 is 0 Å². The van der Waals surface area contributed by atoms with Crippen LogP contribution in [0.1, 0.15) is 25.8 Å². The average Bonchev–Trinajstić information content (AvgIpc) is 2.29. The number of phenolic OH excluding ortho intramolecular Hbond substituents is 2. The van der Waals surface area contributed by atoms with E-state index in [9.17, 15) is 15.3 Å². The van der Waals surface area contributed by atoms with Crippen LogP contribution in [0.25, 0.3) is 0 Å². The Morgan fingerprint density at radius 1 is 1.35 bits per heavy atom. The zero-order chi connectivity index (χ0) is 12.6. The van der Waals surface area contributed by atoms with Crippen molar-refractivity contribution < 1.29 is 15.3 Å². The third-order valence-corrected chi connectivity index (χ3v) is 3.85. The van der Waals surface area contributed by atoms with Crippen LogP contribution in [0.4, 0.5) is 0 Å². The number of aliphatic hydroxyl groups is 1. The van der Waals surface area contributed by atoms with E-state index in [-0.39, 0.29) is 29.1 Å². The van der Waals surface area contributed by atoms with E-state index in [1.165, 1.54) is 6.07 Å². The summed E-state index contributed by atoms with van der Waals surface area (Å²) in [5.74, 6) is -0.171. The monoisotopic (exact) mass is 237 g/mol. The highest BCUT2D eigenvalue weighted by molar-refractivity contribution is 5.44. The first kappa shape index (κ1) is 12.2. The molecule has 4 nitrogen and oxygen atoms in total. The zero-order valence-corrected chi connectivity index (χ0v) is 10.1. The average molecular weight is 237 g/mol. The van der Waals surface area contributed by atoms with E-state index in [4.69, 9.17) is 0 Å². The number of benzene rings is 1. The van der Waals surface area contributed by atoms with Gasteiger partial charge in [0.2, 0.25) is 0 Å². The second-order valence-electron chi connectivity index (χ2n) is 5.29. The highest BCUT2D eigenvalue weighted by Crippen LogP contribution is 2.40. The lowest BCUT2D eigenvalue weighted by atomic mass is 9.64. The van der Waals surface area contributed by atoms with E-state index in [2.05, 4.69) is 5.32 Å². The van der Waals surface area contributed by atoms with Crippen LogP contribution in [-0.4, -0.2) is 27.5 Å². The van der Waals surface area contributed by atoms with Gasteiger partial charge in [-0.1, -0.05) is 26.0 Å². The van der Waals surface area contributed by atoms with Crippen LogP contribution >= 0.6 is 0 Å². The molecule has 0 saturated heterocycles. The van der Waals surface area contributed by atoms with Gasteiger partial charge in [-0.3, -0.25) is 0 Å². The molecule has 0 aliphatic heterocycles. The Morgan fingerprint density at radius 2 is 2.06 bits per heavy atom. The molecule has 2 rings (SSSR count). The lowest BCUT2D eigenvalue weighted by molar-refractivity contribution is -0.0730. The van der Waals surface area contributed by atoms with Gasteiger partial charge in [0, 0.05) is 23.6 Å². The molecule has 4 N–H and O–H groups in total. The fourth-order valence-corrected chi connectivity index (χ4v) is 2.20. The van der Waals surface area contributed by atoms with Crippen molar-refractivity contribution in [2.75, 3.05) is 0 Å². The smallest absolute Gasteiger partial charge is 0.161 e. The topological polar surface area (TPSA) is 72.7 Å². The van der Waals surface area contributed by atoms with Gasteiger partial charge in [0.05, 0.1) is 6.10 Å². The second kappa shape index (κ2) is 4.20. The Balaban J connectivity index is 1.97. The minimum atomic E-state index is -0.266. The third kappa shape index (κ3) is 2.10. The Morgan fingerprint density at radius 3 is 2.65 bits per heavy atom. The van der Waals surface area contributed by atoms with Gasteiger partial charge in [0.1, 0.15) is 0 Å². The predicted molar refractivity (Wildman–Crippen MR) is 64.8 cm³/mol. The van der Waals surface area contributed by atoms with Gasteiger partial charge in [-0.05, 0) is 12.5 Å². The molecule has 0 radical (unpaired) electrons. The molecule has 2 unspecified atom stereocenters. The van der Waals surface area contributed by atoms with E-state index in [0.717, 1.165) is 6.42 Å². The van der Waals surface area contributed by atoms with Crippen molar-refractivity contribution >= 4 is 0 Å². The normalized spacial score (nSPS) is 26.5. The summed E-state index contributed by atoms with van der Waals surface area (Å²) >= 11 is 0. The number of rotatable bonds is 3. The van der Waals surface area contributed by atoms with E-state index >= 15 is 0 Å². The third-order valence-electron chi connectivity index (χ3n) is 3.85. The second-order valence-corrected chi connectivity index (χ2v) is 5.29. The van der Waals surface area contributed by atoms with Crippen LogP contribution in [0.3, 0.4) is 0 Å². The van der Waals surface area contributed by atoms with Crippen LogP contribution in [0.2, 0.25) is 0 Å². The highest BCUT2D eigenvalue weighted by atomic mass is 16.3. The standard InChI is InChI=1S/C13H19NO3/c1-13(2)10(6-11(13)16)14-7-8-4-3-5-9(15)12(8)17/h3-5,10-11,14-17H,6-7H2,1-2H3. The van der Waals surface area contributed by atoms with Crippen LogP contribution in [0, 0.1) is 5.41 Å². The van der Waals surface area contributed by atoms with Gasteiger partial charge in [-0.2, -0.15) is 0 Å². The molecular weight excluding hydrogens is 218 g/mol. The van der Waals surface area contributed by atoms with E-state index in [1.807, 2.05) is 13.8 Å². The molecule has 0 aromatic heterocycles. The number of hydrogen-bond acceptors (Lipinski definition) is 4. The summed E-state index contributed by atoms with van der Waals surface area (Å²) in [6, 6.07) is 5.16. The van der Waals surface area contributed by atoms with Gasteiger partial charge < -0.3 is 20.6 Å². The molecular formula is C13H19NO3. The predicted octanol–water partition coefficient (Wildman–Crippen LogP) is 1.35. The first-order chi connectivity index (χ1) is 7.93. The number of phenols is 2. The lowest BCUT2D eigenvalue weighted by Gasteiger charge is -2.49. The molecule has 0 bridgehead atoms. The molecule has 1 aromatic rings. The fourth-order valence-electron chi connectivity index (χ4n) is 2.20. The summed E-state index contributed by atoms with van der Waals surface area (Å²) in [6.07, 6.45) is 0.463. The maximum absolute atomic E-state index is 9.64. The maximum atomic E-state index is 9.64. The Bertz CT molecular complexity index is 417. The quantitative estimate of drug-likeness (QED) is 0.599. The van der Waals surface area contributed by atoms with Crippen molar-refractivity contribution in [2.45, 2.75) is 39.0 Å². The number of nitrogens with one attached hydrogen (secondary N) is 1. The SMILES string of the molecule is CC1(C)C(O)CC1NCc1cccc(O)c1O. The molecule has 0 amide bonds. The lowest BCUT2D eigenvalue weighted by Crippen LogP contribution is -2.59. The van der Waals surface area contributed by atoms with Crippen LogP contribution in [0.5, 0.6) is 11.5 Å². The fraction of sp³-hybridized carbons (Fsp3) is 0.538. The van der Waals surface area contributed by atoms with Gasteiger partial charge in [-0.25, -0.2) is 0 Å². The van der Waals surface area contributed by atoms with Crippen molar-refractivity contribution in [3.05, 3.63) is 23.8 Å². The molecule has 94 valence electrons. The summed E-state index contributed by atoms with van der Waals surface area (Å²) in [6.45, 7) is 4.52. The zero-order valence-electron chi connectivity index (χ0n) is 10.1.